The highest BCUT2D eigenvalue weighted by Gasteiger charge is 2.27. The van der Waals surface area contributed by atoms with Crippen molar-refractivity contribution < 1.29 is 22.7 Å². The number of rotatable bonds is 5. The van der Waals surface area contributed by atoms with E-state index in [0.717, 1.165) is 12.8 Å². The molecule has 5 heteroatoms. The van der Waals surface area contributed by atoms with Crippen molar-refractivity contribution >= 4 is 5.78 Å². The van der Waals surface area contributed by atoms with Crippen molar-refractivity contribution in [3.63, 3.8) is 0 Å². The average molecular weight is 224 g/mol. The first kappa shape index (κ1) is 12.5. The third-order valence-corrected chi connectivity index (χ3v) is 2.51. The van der Waals surface area contributed by atoms with E-state index in [1.54, 1.807) is 0 Å². The van der Waals surface area contributed by atoms with E-state index in [-0.39, 0.29) is 12.4 Å². The molecule has 1 saturated carbocycles. The summed E-state index contributed by atoms with van der Waals surface area (Å²) in [5.41, 5.74) is 0. The molecule has 0 saturated heterocycles. The van der Waals surface area contributed by atoms with E-state index in [0.29, 0.717) is 25.2 Å². The molecule has 0 radical (unpaired) electrons. The number of Topliss-reactive ketones (excluding diaryl/α,β-unsaturated/α-hetero) is 1. The molecule has 0 aromatic rings. The van der Waals surface area contributed by atoms with E-state index in [4.69, 9.17) is 0 Å². The van der Waals surface area contributed by atoms with Gasteiger partial charge in [-0.15, -0.1) is 0 Å². The molecule has 0 spiro atoms. The van der Waals surface area contributed by atoms with Gasteiger partial charge in [-0.3, -0.25) is 4.79 Å². The van der Waals surface area contributed by atoms with Crippen LogP contribution in [0.4, 0.5) is 13.2 Å². The lowest BCUT2D eigenvalue weighted by Gasteiger charge is -2.09. The van der Waals surface area contributed by atoms with Crippen LogP contribution in [0.2, 0.25) is 0 Å². The van der Waals surface area contributed by atoms with E-state index >= 15 is 0 Å². The zero-order valence-electron chi connectivity index (χ0n) is 8.48. The molecule has 0 aliphatic heterocycles. The fourth-order valence-corrected chi connectivity index (χ4v) is 1.80. The molecule has 1 unspecified atom stereocenters. The maximum absolute atomic E-state index is 11.7. The Hall–Kier alpha value is -0.580. The minimum atomic E-state index is -4.23. The molecule has 1 rings (SSSR count). The summed E-state index contributed by atoms with van der Waals surface area (Å²) < 4.78 is 39.5. The number of alkyl halides is 3. The van der Waals surface area contributed by atoms with Gasteiger partial charge in [-0.05, 0) is 25.2 Å². The zero-order chi connectivity index (χ0) is 11.3. The van der Waals surface area contributed by atoms with Crippen LogP contribution in [0.5, 0.6) is 0 Å². The van der Waals surface area contributed by atoms with Gasteiger partial charge in [0.1, 0.15) is 12.4 Å². The standard InChI is InChI=1S/C10H15F3O2/c11-10(12,13)7-15-5-1-2-8-3-4-9(14)6-8/h8H,1-7H2. The Kier molecular flexibility index (Phi) is 4.57. The number of ether oxygens (including phenoxy) is 1. The lowest BCUT2D eigenvalue weighted by molar-refractivity contribution is -0.174. The summed E-state index contributed by atoms with van der Waals surface area (Å²) in [7, 11) is 0. The molecule has 2 nitrogen and oxygen atoms in total. The van der Waals surface area contributed by atoms with Gasteiger partial charge in [-0.1, -0.05) is 0 Å². The van der Waals surface area contributed by atoms with Crippen LogP contribution in [-0.4, -0.2) is 25.2 Å². The first-order valence-corrected chi connectivity index (χ1v) is 5.13. The smallest absolute Gasteiger partial charge is 0.372 e. The Morgan fingerprint density at radius 1 is 1.40 bits per heavy atom. The summed E-state index contributed by atoms with van der Waals surface area (Å²) >= 11 is 0. The summed E-state index contributed by atoms with van der Waals surface area (Å²) in [6.45, 7) is -1.04. The lowest BCUT2D eigenvalue weighted by Crippen LogP contribution is -2.17. The van der Waals surface area contributed by atoms with Crippen molar-refractivity contribution in [2.24, 2.45) is 5.92 Å². The first-order valence-electron chi connectivity index (χ1n) is 5.13. The molecule has 0 aromatic heterocycles. The second-order valence-corrected chi connectivity index (χ2v) is 3.96. The van der Waals surface area contributed by atoms with Gasteiger partial charge in [0.15, 0.2) is 0 Å². The molecule has 0 aromatic carbocycles. The Labute approximate surface area is 86.8 Å². The fraction of sp³-hybridized carbons (Fsp3) is 0.900. The topological polar surface area (TPSA) is 26.3 Å². The zero-order valence-corrected chi connectivity index (χ0v) is 8.48. The monoisotopic (exact) mass is 224 g/mol. The summed E-state index contributed by atoms with van der Waals surface area (Å²) in [6, 6.07) is 0. The van der Waals surface area contributed by atoms with Crippen molar-refractivity contribution in [2.75, 3.05) is 13.2 Å². The molecule has 0 bridgehead atoms. The van der Waals surface area contributed by atoms with Gasteiger partial charge in [-0.2, -0.15) is 13.2 Å². The Morgan fingerprint density at radius 2 is 2.13 bits per heavy atom. The van der Waals surface area contributed by atoms with E-state index in [1.807, 2.05) is 0 Å². The first-order chi connectivity index (χ1) is 6.97. The molecule has 0 heterocycles. The minimum Gasteiger partial charge on any atom is -0.372 e. The van der Waals surface area contributed by atoms with Crippen molar-refractivity contribution in [1.29, 1.82) is 0 Å². The van der Waals surface area contributed by atoms with E-state index in [1.165, 1.54) is 0 Å². The number of carbonyl (C=O) groups is 1. The highest BCUT2D eigenvalue weighted by Crippen LogP contribution is 2.26. The number of hydrogen-bond acceptors (Lipinski definition) is 2. The van der Waals surface area contributed by atoms with Crippen molar-refractivity contribution in [3.05, 3.63) is 0 Å². The maximum Gasteiger partial charge on any atom is 0.411 e. The Morgan fingerprint density at radius 3 is 2.67 bits per heavy atom. The van der Waals surface area contributed by atoms with Gasteiger partial charge in [0.2, 0.25) is 0 Å². The van der Waals surface area contributed by atoms with Gasteiger partial charge in [0, 0.05) is 19.4 Å². The molecular formula is C10H15F3O2. The van der Waals surface area contributed by atoms with Crippen LogP contribution in [0.15, 0.2) is 0 Å². The summed E-state index contributed by atoms with van der Waals surface area (Å²) in [5.74, 6) is 0.642. The molecule has 1 fully saturated rings. The van der Waals surface area contributed by atoms with Crippen LogP contribution in [0.25, 0.3) is 0 Å². The Bertz CT molecular complexity index is 213. The third kappa shape index (κ3) is 5.77. The normalized spacial score (nSPS) is 22.3. The SMILES string of the molecule is O=C1CCC(CCCOCC(F)(F)F)C1. The predicted molar refractivity (Wildman–Crippen MR) is 48.5 cm³/mol. The van der Waals surface area contributed by atoms with Crippen LogP contribution in [-0.2, 0) is 9.53 Å². The van der Waals surface area contributed by atoms with Crippen molar-refractivity contribution in [1.82, 2.24) is 0 Å². The highest BCUT2D eigenvalue weighted by atomic mass is 19.4. The molecule has 0 amide bonds. The summed E-state index contributed by atoms with van der Waals surface area (Å²) in [6.07, 6.45) is -0.716. The summed E-state index contributed by atoms with van der Waals surface area (Å²) in [5, 5.41) is 0. The van der Waals surface area contributed by atoms with Crippen LogP contribution < -0.4 is 0 Å². The van der Waals surface area contributed by atoms with Gasteiger partial charge in [0.25, 0.3) is 0 Å². The number of carbonyl (C=O) groups excluding carboxylic acids is 1. The molecule has 1 aliphatic carbocycles. The molecule has 1 atom stereocenters. The van der Waals surface area contributed by atoms with Gasteiger partial charge < -0.3 is 4.74 Å². The van der Waals surface area contributed by atoms with Crippen LogP contribution in [0, 0.1) is 5.92 Å². The Balaban J connectivity index is 1.95. The van der Waals surface area contributed by atoms with Crippen LogP contribution >= 0.6 is 0 Å². The van der Waals surface area contributed by atoms with Gasteiger partial charge in [-0.25, -0.2) is 0 Å². The quantitative estimate of drug-likeness (QED) is 0.671. The number of hydrogen-bond donors (Lipinski definition) is 0. The van der Waals surface area contributed by atoms with E-state index in [9.17, 15) is 18.0 Å². The highest BCUT2D eigenvalue weighted by molar-refractivity contribution is 5.80. The average Bonchev–Trinajstić information content (AvgIpc) is 2.49. The molecule has 88 valence electrons. The van der Waals surface area contributed by atoms with Gasteiger partial charge in [0.05, 0.1) is 0 Å². The number of ketones is 1. The van der Waals surface area contributed by atoms with Crippen molar-refractivity contribution in [3.8, 4) is 0 Å². The molecule has 15 heavy (non-hydrogen) atoms. The van der Waals surface area contributed by atoms with E-state index < -0.39 is 12.8 Å². The number of halogens is 3. The van der Waals surface area contributed by atoms with Crippen LogP contribution in [0.3, 0.4) is 0 Å². The second kappa shape index (κ2) is 5.49. The van der Waals surface area contributed by atoms with Crippen molar-refractivity contribution in [2.45, 2.75) is 38.3 Å². The van der Waals surface area contributed by atoms with Gasteiger partial charge >= 0.3 is 6.18 Å². The second-order valence-electron chi connectivity index (χ2n) is 3.96. The minimum absolute atomic E-state index is 0.129. The van der Waals surface area contributed by atoms with Crippen LogP contribution in [0.1, 0.15) is 32.1 Å². The third-order valence-electron chi connectivity index (χ3n) is 2.51. The summed E-state index contributed by atoms with van der Waals surface area (Å²) in [4.78, 5) is 10.9. The molecule has 1 aliphatic rings. The lowest BCUT2D eigenvalue weighted by atomic mass is 10.0. The maximum atomic E-state index is 11.7. The van der Waals surface area contributed by atoms with E-state index in [2.05, 4.69) is 4.74 Å². The predicted octanol–water partition coefficient (Wildman–Crippen LogP) is 2.71. The molecular weight excluding hydrogens is 209 g/mol. The largest absolute Gasteiger partial charge is 0.411 e. The fourth-order valence-electron chi connectivity index (χ4n) is 1.80. The molecule has 0 N–H and O–H groups in total.